The lowest BCUT2D eigenvalue weighted by atomic mass is 10.2. The fourth-order valence-corrected chi connectivity index (χ4v) is 1.41. The summed E-state index contributed by atoms with van der Waals surface area (Å²) in [5.41, 5.74) is 0.878. The second-order valence-electron chi connectivity index (χ2n) is 3.85. The summed E-state index contributed by atoms with van der Waals surface area (Å²) in [6.45, 7) is 0.00317. The van der Waals surface area contributed by atoms with Crippen molar-refractivity contribution in [3.63, 3.8) is 0 Å². The lowest BCUT2D eigenvalue weighted by Crippen LogP contribution is -1.84. The van der Waals surface area contributed by atoms with E-state index in [0.717, 1.165) is 5.56 Å². The summed E-state index contributed by atoms with van der Waals surface area (Å²) >= 11 is 0. The number of benzene rings is 2. The van der Waals surface area contributed by atoms with Crippen molar-refractivity contribution in [1.82, 2.24) is 0 Å². The first-order valence-corrected chi connectivity index (χ1v) is 6.05. The Morgan fingerprint density at radius 1 is 1.05 bits per heavy atom. The molecule has 20 heavy (non-hydrogen) atoms. The summed E-state index contributed by atoms with van der Waals surface area (Å²) < 4.78 is 4.92. The smallest absolute Gasteiger partial charge is 0.161 e. The fraction of sp³-hybridized carbons (Fsp3) is 0.125. The molecule has 0 aliphatic carbocycles. The average molecular weight is 274 g/mol. The number of hydrogen-bond acceptors (Lipinski definition) is 4. The highest BCUT2D eigenvalue weighted by atomic mass is 16.5. The van der Waals surface area contributed by atoms with Crippen molar-refractivity contribution in [2.45, 2.75) is 0 Å². The summed E-state index contributed by atoms with van der Waals surface area (Å²) in [6, 6.07) is 13.7. The van der Waals surface area contributed by atoms with E-state index in [1.807, 2.05) is 6.07 Å². The van der Waals surface area contributed by atoms with E-state index in [0.29, 0.717) is 11.5 Å². The van der Waals surface area contributed by atoms with Gasteiger partial charge in [0.15, 0.2) is 11.5 Å². The van der Waals surface area contributed by atoms with Gasteiger partial charge >= 0.3 is 0 Å². The van der Waals surface area contributed by atoms with Gasteiger partial charge < -0.3 is 20.1 Å². The fourth-order valence-electron chi connectivity index (χ4n) is 1.41. The van der Waals surface area contributed by atoms with Crippen molar-refractivity contribution >= 4 is 6.08 Å². The maximum Gasteiger partial charge on any atom is 0.161 e. The van der Waals surface area contributed by atoms with Crippen molar-refractivity contribution in [3.8, 4) is 17.2 Å². The van der Waals surface area contributed by atoms with Crippen molar-refractivity contribution in [1.29, 1.82) is 0 Å². The average Bonchev–Trinajstić information content (AvgIpc) is 2.48. The molecule has 2 rings (SSSR count). The third kappa shape index (κ3) is 5.46. The molecule has 0 amide bonds. The number of methoxy groups -OCH3 is 1. The van der Waals surface area contributed by atoms with Gasteiger partial charge in [-0.1, -0.05) is 36.4 Å². The van der Waals surface area contributed by atoms with Crippen LogP contribution in [0.1, 0.15) is 5.56 Å². The number of aliphatic hydroxyl groups is 1. The minimum absolute atomic E-state index is 0.00317. The molecule has 0 aliphatic heterocycles. The molecule has 0 unspecified atom stereocenters. The molecule has 0 spiro atoms. The first-order valence-electron chi connectivity index (χ1n) is 6.05. The molecule has 0 atom stereocenters. The molecule has 0 aliphatic rings. The van der Waals surface area contributed by atoms with Gasteiger partial charge in [-0.3, -0.25) is 0 Å². The molecule has 4 heteroatoms. The number of ether oxygens (including phenoxy) is 1. The van der Waals surface area contributed by atoms with Crippen LogP contribution in [0.25, 0.3) is 6.08 Å². The third-order valence-corrected chi connectivity index (χ3v) is 2.38. The van der Waals surface area contributed by atoms with Gasteiger partial charge in [-0.2, -0.15) is 0 Å². The van der Waals surface area contributed by atoms with Crippen molar-refractivity contribution in [2.24, 2.45) is 0 Å². The molecule has 0 bridgehead atoms. The standard InChI is InChI=1S/C10H12O3.C6H6O/c1-13-10-7-8(3-2-6-11)4-5-9(10)12;7-6-4-2-1-3-5-6/h2-5,7,11-12H,6H2,1H3;1-5,7H/b3-2+;. The Morgan fingerprint density at radius 3 is 2.25 bits per heavy atom. The Kier molecular flexibility index (Phi) is 6.71. The Morgan fingerprint density at radius 2 is 1.75 bits per heavy atom. The van der Waals surface area contributed by atoms with Crippen LogP contribution < -0.4 is 4.74 Å². The van der Waals surface area contributed by atoms with Crippen LogP contribution in [0.2, 0.25) is 0 Å². The van der Waals surface area contributed by atoms with Gasteiger partial charge in [0.05, 0.1) is 13.7 Å². The van der Waals surface area contributed by atoms with E-state index < -0.39 is 0 Å². The van der Waals surface area contributed by atoms with Gasteiger partial charge in [-0.25, -0.2) is 0 Å². The number of rotatable bonds is 3. The Balaban J connectivity index is 0.000000240. The van der Waals surface area contributed by atoms with E-state index in [-0.39, 0.29) is 12.4 Å². The number of phenols is 2. The summed E-state index contributed by atoms with van der Waals surface area (Å²) in [7, 11) is 1.49. The Bertz CT molecular complexity index is 535. The molecule has 106 valence electrons. The second kappa shape index (κ2) is 8.61. The van der Waals surface area contributed by atoms with Crippen LogP contribution in [0.4, 0.5) is 0 Å². The van der Waals surface area contributed by atoms with E-state index >= 15 is 0 Å². The Labute approximate surface area is 118 Å². The van der Waals surface area contributed by atoms with Crippen LogP contribution in [-0.2, 0) is 0 Å². The zero-order valence-corrected chi connectivity index (χ0v) is 11.2. The van der Waals surface area contributed by atoms with Gasteiger partial charge in [0.25, 0.3) is 0 Å². The largest absolute Gasteiger partial charge is 0.508 e. The predicted octanol–water partition coefficient (Wildman–Crippen LogP) is 2.80. The van der Waals surface area contributed by atoms with Gasteiger partial charge in [-0.05, 0) is 29.8 Å². The maximum atomic E-state index is 9.26. The quantitative estimate of drug-likeness (QED) is 0.805. The topological polar surface area (TPSA) is 69.9 Å². The van der Waals surface area contributed by atoms with Crippen LogP contribution in [-0.4, -0.2) is 29.0 Å². The van der Waals surface area contributed by atoms with Crippen LogP contribution in [0.5, 0.6) is 17.2 Å². The van der Waals surface area contributed by atoms with Crippen LogP contribution in [0, 0.1) is 0 Å². The van der Waals surface area contributed by atoms with Crippen molar-refractivity contribution in [3.05, 3.63) is 60.2 Å². The van der Waals surface area contributed by atoms with Gasteiger partial charge in [0, 0.05) is 0 Å². The van der Waals surface area contributed by atoms with Crippen molar-refractivity contribution < 1.29 is 20.1 Å². The molecule has 0 aromatic heterocycles. The predicted molar refractivity (Wildman–Crippen MR) is 78.9 cm³/mol. The maximum absolute atomic E-state index is 9.26. The number of hydrogen-bond donors (Lipinski definition) is 3. The normalized spacial score (nSPS) is 9.90. The first kappa shape index (κ1) is 15.6. The third-order valence-electron chi connectivity index (χ3n) is 2.38. The molecule has 0 heterocycles. The molecule has 3 N–H and O–H groups in total. The van der Waals surface area contributed by atoms with E-state index in [1.165, 1.54) is 7.11 Å². The van der Waals surface area contributed by atoms with Gasteiger partial charge in [0.2, 0.25) is 0 Å². The molecule has 2 aromatic carbocycles. The highest BCUT2D eigenvalue weighted by Crippen LogP contribution is 2.26. The SMILES string of the molecule is COc1cc(/C=C/CO)ccc1O.Oc1ccccc1. The molecule has 0 fully saturated rings. The minimum atomic E-state index is 0.00317. The first-order chi connectivity index (χ1) is 9.67. The molecule has 0 radical (unpaired) electrons. The highest BCUT2D eigenvalue weighted by molar-refractivity contribution is 5.55. The second-order valence-corrected chi connectivity index (χ2v) is 3.85. The summed E-state index contributed by atoms with van der Waals surface area (Å²) in [4.78, 5) is 0. The van der Waals surface area contributed by atoms with E-state index in [1.54, 1.807) is 54.6 Å². The summed E-state index contributed by atoms with van der Waals surface area (Å²) in [6.07, 6.45) is 3.37. The molecule has 0 saturated carbocycles. The number of aromatic hydroxyl groups is 2. The molecule has 4 nitrogen and oxygen atoms in total. The highest BCUT2D eigenvalue weighted by Gasteiger charge is 1.99. The van der Waals surface area contributed by atoms with Crippen LogP contribution in [0.15, 0.2) is 54.6 Å². The summed E-state index contributed by atoms with van der Waals surface area (Å²) in [5.74, 6) is 0.867. The zero-order valence-electron chi connectivity index (χ0n) is 11.2. The number of para-hydroxylation sites is 1. The minimum Gasteiger partial charge on any atom is -0.508 e. The molecule has 2 aromatic rings. The lowest BCUT2D eigenvalue weighted by molar-refractivity contribution is 0.343. The van der Waals surface area contributed by atoms with E-state index in [2.05, 4.69) is 0 Å². The van der Waals surface area contributed by atoms with Gasteiger partial charge in [-0.15, -0.1) is 0 Å². The number of aliphatic hydroxyl groups excluding tert-OH is 1. The molecule has 0 saturated heterocycles. The van der Waals surface area contributed by atoms with Crippen molar-refractivity contribution in [2.75, 3.05) is 13.7 Å². The lowest BCUT2D eigenvalue weighted by Gasteiger charge is -2.03. The van der Waals surface area contributed by atoms with Gasteiger partial charge in [0.1, 0.15) is 5.75 Å². The zero-order chi connectivity index (χ0) is 14.8. The monoisotopic (exact) mass is 274 g/mol. The molecular weight excluding hydrogens is 256 g/mol. The van der Waals surface area contributed by atoms with E-state index in [9.17, 15) is 5.11 Å². The van der Waals surface area contributed by atoms with E-state index in [4.69, 9.17) is 14.9 Å². The number of phenolic OH excluding ortho intramolecular Hbond substituents is 2. The summed E-state index contributed by atoms with van der Waals surface area (Å²) in [5, 5.41) is 26.4. The van der Waals surface area contributed by atoms with Crippen LogP contribution >= 0.6 is 0 Å². The molecular formula is C16H18O4. The van der Waals surface area contributed by atoms with Crippen LogP contribution in [0.3, 0.4) is 0 Å². The Hall–Kier alpha value is -2.46.